The number of rotatable bonds is 3. The van der Waals surface area contributed by atoms with Gasteiger partial charge in [-0.1, -0.05) is 0 Å². The zero-order valence-corrected chi connectivity index (χ0v) is 11.7. The standard InChI is InChI=1S/C13H15INO/c1-3-4-5-9-14-12-8-6-7-11(10(12)2)13(15)16/h6-8H,3,9H2,1-2H3,(H2,15,16)/q-1. The van der Waals surface area contributed by atoms with E-state index in [1.165, 1.54) is 3.57 Å². The van der Waals surface area contributed by atoms with Gasteiger partial charge in [-0.05, 0) is 0 Å². The van der Waals surface area contributed by atoms with Gasteiger partial charge in [0, 0.05) is 0 Å². The molecule has 86 valence electrons. The van der Waals surface area contributed by atoms with Crippen LogP contribution >= 0.6 is 0 Å². The van der Waals surface area contributed by atoms with Crippen molar-refractivity contribution in [1.29, 1.82) is 0 Å². The molecule has 3 heteroatoms. The Kier molecular flexibility index (Phi) is 5.33. The molecule has 0 saturated heterocycles. The zero-order valence-electron chi connectivity index (χ0n) is 9.51. The third kappa shape index (κ3) is 3.53. The van der Waals surface area contributed by atoms with Crippen molar-refractivity contribution in [2.24, 2.45) is 5.73 Å². The van der Waals surface area contributed by atoms with E-state index in [4.69, 9.17) is 5.73 Å². The molecule has 0 aliphatic rings. The number of carbonyl (C=O) groups excluding carboxylic acids is 1. The first-order chi connectivity index (χ1) is 7.66. The van der Waals surface area contributed by atoms with Crippen LogP contribution in [0.3, 0.4) is 0 Å². The molecule has 0 atom stereocenters. The van der Waals surface area contributed by atoms with Gasteiger partial charge in [-0.2, -0.15) is 0 Å². The summed E-state index contributed by atoms with van der Waals surface area (Å²) >= 11 is -0.131. The molecule has 0 aromatic heterocycles. The van der Waals surface area contributed by atoms with E-state index in [2.05, 4.69) is 17.9 Å². The molecule has 1 amide bonds. The molecule has 1 aromatic rings. The van der Waals surface area contributed by atoms with Gasteiger partial charge in [0.1, 0.15) is 0 Å². The normalized spacial score (nSPS) is 9.62. The number of primary amides is 1. The number of amides is 1. The Morgan fingerprint density at radius 2 is 2.19 bits per heavy atom. The molecule has 2 N–H and O–H groups in total. The van der Waals surface area contributed by atoms with Crippen LogP contribution in [-0.4, -0.2) is 10.3 Å². The molecule has 0 fully saturated rings. The molecule has 1 rings (SSSR count). The van der Waals surface area contributed by atoms with E-state index in [0.717, 1.165) is 16.4 Å². The van der Waals surface area contributed by atoms with Crippen molar-refractivity contribution in [3.63, 3.8) is 0 Å². The second-order valence-corrected chi connectivity index (χ2v) is 5.94. The van der Waals surface area contributed by atoms with E-state index in [0.29, 0.717) is 5.56 Å². The summed E-state index contributed by atoms with van der Waals surface area (Å²) in [5, 5.41) is 0. The van der Waals surface area contributed by atoms with Crippen LogP contribution in [0.1, 0.15) is 29.3 Å². The van der Waals surface area contributed by atoms with Crippen molar-refractivity contribution >= 4 is 5.91 Å². The van der Waals surface area contributed by atoms with Gasteiger partial charge in [0.25, 0.3) is 0 Å². The fourth-order valence-corrected chi connectivity index (χ4v) is 3.49. The average molecular weight is 328 g/mol. The van der Waals surface area contributed by atoms with Crippen LogP contribution in [0.4, 0.5) is 0 Å². The van der Waals surface area contributed by atoms with Gasteiger partial charge in [-0.3, -0.25) is 0 Å². The molecule has 0 spiro atoms. The molecular formula is C13H15INO-. The minimum atomic E-state index is -0.344. The fraction of sp³-hybridized carbons (Fsp3) is 0.308. The summed E-state index contributed by atoms with van der Waals surface area (Å²) in [6.07, 6.45) is 0.907. The number of benzene rings is 1. The molecule has 0 aliphatic heterocycles. The number of carbonyl (C=O) groups is 1. The summed E-state index contributed by atoms with van der Waals surface area (Å²) in [6, 6.07) is 5.75. The number of halogens is 1. The minimum absolute atomic E-state index is 0.131. The maximum absolute atomic E-state index is 11.2. The van der Waals surface area contributed by atoms with E-state index in [9.17, 15) is 4.79 Å². The first kappa shape index (κ1) is 13.0. The van der Waals surface area contributed by atoms with Crippen LogP contribution in [0.15, 0.2) is 18.2 Å². The van der Waals surface area contributed by atoms with Crippen LogP contribution < -0.4 is 26.9 Å². The first-order valence-corrected chi connectivity index (χ1v) is 7.71. The van der Waals surface area contributed by atoms with Crippen molar-refractivity contribution in [3.8, 4) is 11.8 Å². The molecule has 0 heterocycles. The van der Waals surface area contributed by atoms with E-state index in [1.807, 2.05) is 19.9 Å². The SMILES string of the molecule is CCC#CC[I-]c1cccc(C(N)=O)c1C. The quantitative estimate of drug-likeness (QED) is 0.421. The predicted octanol–water partition coefficient (Wildman–Crippen LogP) is -1.23. The van der Waals surface area contributed by atoms with E-state index in [-0.39, 0.29) is 27.1 Å². The van der Waals surface area contributed by atoms with Crippen molar-refractivity contribution in [1.82, 2.24) is 0 Å². The van der Waals surface area contributed by atoms with Crippen LogP contribution in [0, 0.1) is 22.3 Å². The van der Waals surface area contributed by atoms with Crippen LogP contribution in [0.25, 0.3) is 0 Å². The molecule has 0 unspecified atom stereocenters. The Balaban J connectivity index is 2.81. The second-order valence-electron chi connectivity index (χ2n) is 3.25. The zero-order chi connectivity index (χ0) is 12.0. The Morgan fingerprint density at radius 1 is 1.44 bits per heavy atom. The number of hydrogen-bond acceptors (Lipinski definition) is 1. The first-order valence-electron chi connectivity index (χ1n) is 5.11. The Hall–Kier alpha value is -1.02. The molecule has 2 nitrogen and oxygen atoms in total. The van der Waals surface area contributed by atoms with Crippen LogP contribution in [-0.2, 0) is 0 Å². The van der Waals surface area contributed by atoms with Gasteiger partial charge < -0.3 is 0 Å². The van der Waals surface area contributed by atoms with Gasteiger partial charge in [0.05, 0.1) is 0 Å². The molecule has 0 saturated carbocycles. The summed E-state index contributed by atoms with van der Waals surface area (Å²) in [6.45, 7) is 4.01. The Morgan fingerprint density at radius 3 is 2.81 bits per heavy atom. The summed E-state index contributed by atoms with van der Waals surface area (Å²) < 4.78 is 2.20. The Labute approximate surface area is 107 Å². The molecule has 0 aliphatic carbocycles. The van der Waals surface area contributed by atoms with Crippen molar-refractivity contribution in [2.45, 2.75) is 20.3 Å². The number of alkyl halides is 1. The van der Waals surface area contributed by atoms with E-state index in [1.54, 1.807) is 6.07 Å². The summed E-state index contributed by atoms with van der Waals surface area (Å²) in [4.78, 5) is 11.2. The van der Waals surface area contributed by atoms with Gasteiger partial charge in [-0.15, -0.1) is 0 Å². The van der Waals surface area contributed by atoms with Gasteiger partial charge in [0.15, 0.2) is 0 Å². The monoisotopic (exact) mass is 328 g/mol. The number of hydrogen-bond donors (Lipinski definition) is 1. The Bertz CT molecular complexity index is 443. The van der Waals surface area contributed by atoms with Gasteiger partial charge >= 0.3 is 107 Å². The van der Waals surface area contributed by atoms with E-state index >= 15 is 0 Å². The van der Waals surface area contributed by atoms with Crippen molar-refractivity contribution in [2.75, 3.05) is 4.43 Å². The number of nitrogens with two attached hydrogens (primary N) is 1. The topological polar surface area (TPSA) is 43.1 Å². The summed E-state index contributed by atoms with van der Waals surface area (Å²) in [7, 11) is 0. The summed E-state index contributed by atoms with van der Waals surface area (Å²) in [5.74, 6) is 5.86. The van der Waals surface area contributed by atoms with E-state index < -0.39 is 0 Å². The fourth-order valence-electron chi connectivity index (χ4n) is 1.30. The van der Waals surface area contributed by atoms with Crippen molar-refractivity contribution < 1.29 is 26.0 Å². The molecular weight excluding hydrogens is 313 g/mol. The van der Waals surface area contributed by atoms with Crippen LogP contribution in [0.2, 0.25) is 0 Å². The third-order valence-electron chi connectivity index (χ3n) is 2.11. The molecule has 16 heavy (non-hydrogen) atoms. The molecule has 1 aromatic carbocycles. The van der Waals surface area contributed by atoms with Crippen molar-refractivity contribution in [3.05, 3.63) is 32.9 Å². The third-order valence-corrected chi connectivity index (χ3v) is 4.87. The maximum atomic E-state index is 11.2. The summed E-state index contributed by atoms with van der Waals surface area (Å²) in [5.41, 5.74) is 6.97. The van der Waals surface area contributed by atoms with Gasteiger partial charge in [0.2, 0.25) is 0 Å². The average Bonchev–Trinajstić information content (AvgIpc) is 2.26. The van der Waals surface area contributed by atoms with Crippen LogP contribution in [0.5, 0.6) is 0 Å². The van der Waals surface area contributed by atoms with Gasteiger partial charge in [-0.25, -0.2) is 0 Å². The second kappa shape index (κ2) is 6.54. The molecule has 0 radical (unpaired) electrons. The predicted molar refractivity (Wildman–Crippen MR) is 61.3 cm³/mol. The molecule has 0 bridgehead atoms.